The topological polar surface area (TPSA) is 52.7 Å². The minimum absolute atomic E-state index is 0.00566. The van der Waals surface area contributed by atoms with Crippen LogP contribution in [0.3, 0.4) is 0 Å². The molecule has 0 aromatic carbocycles. The zero-order valence-electron chi connectivity index (χ0n) is 14.1. The first-order chi connectivity index (χ1) is 11.3. The number of rotatable bonds is 4. The van der Waals surface area contributed by atoms with Gasteiger partial charge in [0.25, 0.3) is 0 Å². The van der Waals surface area contributed by atoms with Crippen LogP contribution in [0.25, 0.3) is 0 Å². The normalized spacial score (nSPS) is 25.7. The van der Waals surface area contributed by atoms with Crippen molar-refractivity contribution in [2.24, 2.45) is 5.92 Å². The molecule has 2 aliphatic rings. The van der Waals surface area contributed by atoms with Crippen LogP contribution in [-0.4, -0.2) is 66.6 Å². The second-order valence-electron chi connectivity index (χ2n) is 6.69. The molecule has 138 valence electrons. The number of halogens is 3. The van der Waals surface area contributed by atoms with Crippen molar-refractivity contribution in [1.29, 1.82) is 0 Å². The van der Waals surface area contributed by atoms with Crippen molar-refractivity contribution in [3.63, 3.8) is 0 Å². The Balaban J connectivity index is 1.67. The number of carbonyl (C=O) groups excluding carboxylic acids is 2. The smallest absolute Gasteiger partial charge is 0.339 e. The van der Waals surface area contributed by atoms with Crippen molar-refractivity contribution in [2.45, 2.75) is 51.2 Å². The van der Waals surface area contributed by atoms with E-state index < -0.39 is 12.1 Å². The first-order valence-corrected chi connectivity index (χ1v) is 8.60. The van der Waals surface area contributed by atoms with Crippen molar-refractivity contribution >= 4 is 11.8 Å². The van der Waals surface area contributed by atoms with Gasteiger partial charge in [0.1, 0.15) is 0 Å². The molecule has 5 nitrogen and oxygen atoms in total. The standard InChI is InChI=1S/C16H26F3N3O2/c1-12(23)21-7-9-22(10-8-21)15(24)5-6-20-14-4-2-3-13(11-14)16(17,18)19/h13-14,20H,2-11H2,1H3/t13-,14-/m1/s1. The molecule has 0 aromatic rings. The number of hydrogen-bond donors (Lipinski definition) is 1. The fourth-order valence-electron chi connectivity index (χ4n) is 3.48. The zero-order chi connectivity index (χ0) is 17.7. The van der Waals surface area contributed by atoms with Crippen LogP contribution in [0, 0.1) is 5.92 Å². The Morgan fingerprint density at radius 1 is 1.08 bits per heavy atom. The number of carbonyl (C=O) groups is 2. The Morgan fingerprint density at radius 3 is 2.29 bits per heavy atom. The molecule has 0 radical (unpaired) electrons. The lowest BCUT2D eigenvalue weighted by Crippen LogP contribution is -2.50. The van der Waals surface area contributed by atoms with E-state index in [1.54, 1.807) is 9.80 Å². The van der Waals surface area contributed by atoms with Crippen LogP contribution >= 0.6 is 0 Å². The summed E-state index contributed by atoms with van der Waals surface area (Å²) in [5.74, 6) is -1.21. The summed E-state index contributed by atoms with van der Waals surface area (Å²) >= 11 is 0. The predicted octanol–water partition coefficient (Wildman–Crippen LogP) is 1.78. The Labute approximate surface area is 140 Å². The summed E-state index contributed by atoms with van der Waals surface area (Å²) in [5.41, 5.74) is 0. The fraction of sp³-hybridized carbons (Fsp3) is 0.875. The number of nitrogens with zero attached hydrogens (tertiary/aromatic N) is 2. The average Bonchev–Trinajstić information content (AvgIpc) is 2.54. The Bertz CT molecular complexity index is 448. The molecule has 1 aliphatic carbocycles. The van der Waals surface area contributed by atoms with Gasteiger partial charge in [-0.05, 0) is 19.3 Å². The molecule has 1 heterocycles. The van der Waals surface area contributed by atoms with Gasteiger partial charge in [-0.2, -0.15) is 13.2 Å². The Morgan fingerprint density at radius 2 is 1.71 bits per heavy atom. The van der Waals surface area contributed by atoms with Gasteiger partial charge in [0, 0.05) is 52.1 Å². The first kappa shape index (κ1) is 19.0. The number of amides is 2. The molecule has 1 saturated carbocycles. The summed E-state index contributed by atoms with van der Waals surface area (Å²) in [6, 6.07) is -0.160. The second kappa shape index (κ2) is 8.18. The van der Waals surface area contributed by atoms with E-state index in [0.717, 1.165) is 6.42 Å². The summed E-state index contributed by atoms with van der Waals surface area (Å²) in [7, 11) is 0. The third-order valence-corrected chi connectivity index (χ3v) is 4.99. The van der Waals surface area contributed by atoms with E-state index in [9.17, 15) is 22.8 Å². The van der Waals surface area contributed by atoms with E-state index in [1.165, 1.54) is 6.92 Å². The van der Waals surface area contributed by atoms with Gasteiger partial charge in [-0.3, -0.25) is 9.59 Å². The highest BCUT2D eigenvalue weighted by atomic mass is 19.4. The van der Waals surface area contributed by atoms with E-state index >= 15 is 0 Å². The quantitative estimate of drug-likeness (QED) is 0.842. The van der Waals surface area contributed by atoms with Crippen molar-refractivity contribution in [1.82, 2.24) is 15.1 Å². The fourth-order valence-corrected chi connectivity index (χ4v) is 3.48. The molecule has 0 spiro atoms. The minimum atomic E-state index is -4.12. The molecule has 0 bridgehead atoms. The summed E-state index contributed by atoms with van der Waals surface area (Å²) in [6.07, 6.45) is -2.21. The monoisotopic (exact) mass is 349 g/mol. The maximum atomic E-state index is 12.8. The lowest BCUT2D eigenvalue weighted by molar-refractivity contribution is -0.183. The van der Waals surface area contributed by atoms with Crippen molar-refractivity contribution < 1.29 is 22.8 Å². The third kappa shape index (κ3) is 5.36. The van der Waals surface area contributed by atoms with Gasteiger partial charge in [0.05, 0.1) is 5.92 Å². The highest BCUT2D eigenvalue weighted by molar-refractivity contribution is 5.77. The van der Waals surface area contributed by atoms with E-state index in [4.69, 9.17) is 0 Å². The molecule has 2 amide bonds. The maximum absolute atomic E-state index is 12.8. The van der Waals surface area contributed by atoms with Crippen LogP contribution in [0.15, 0.2) is 0 Å². The largest absolute Gasteiger partial charge is 0.391 e. The van der Waals surface area contributed by atoms with Crippen LogP contribution in [0.1, 0.15) is 39.0 Å². The maximum Gasteiger partial charge on any atom is 0.391 e. The van der Waals surface area contributed by atoms with E-state index in [2.05, 4.69) is 5.32 Å². The summed E-state index contributed by atoms with van der Waals surface area (Å²) in [6.45, 7) is 4.06. The number of nitrogens with one attached hydrogen (secondary N) is 1. The molecule has 8 heteroatoms. The van der Waals surface area contributed by atoms with E-state index in [0.29, 0.717) is 39.1 Å². The molecule has 2 atom stereocenters. The second-order valence-corrected chi connectivity index (χ2v) is 6.69. The highest BCUT2D eigenvalue weighted by Gasteiger charge is 2.42. The molecule has 1 saturated heterocycles. The van der Waals surface area contributed by atoms with Gasteiger partial charge in [0.15, 0.2) is 0 Å². The van der Waals surface area contributed by atoms with Gasteiger partial charge in [-0.1, -0.05) is 6.42 Å². The summed E-state index contributed by atoms with van der Waals surface area (Å²) < 4.78 is 38.3. The first-order valence-electron chi connectivity index (χ1n) is 8.60. The predicted molar refractivity (Wildman–Crippen MR) is 83.3 cm³/mol. The molecular weight excluding hydrogens is 323 g/mol. The highest BCUT2D eigenvalue weighted by Crippen LogP contribution is 2.37. The molecule has 2 rings (SSSR count). The molecule has 0 aromatic heterocycles. The molecule has 1 aliphatic heterocycles. The lowest BCUT2D eigenvalue weighted by Gasteiger charge is -2.34. The van der Waals surface area contributed by atoms with Crippen molar-refractivity contribution in [3.05, 3.63) is 0 Å². The lowest BCUT2D eigenvalue weighted by atomic mass is 9.85. The molecule has 24 heavy (non-hydrogen) atoms. The van der Waals surface area contributed by atoms with Gasteiger partial charge in [-0.15, -0.1) is 0 Å². The number of alkyl halides is 3. The van der Waals surface area contributed by atoms with Gasteiger partial charge in [-0.25, -0.2) is 0 Å². The summed E-state index contributed by atoms with van der Waals surface area (Å²) in [4.78, 5) is 26.8. The van der Waals surface area contributed by atoms with Crippen LogP contribution in [0.5, 0.6) is 0 Å². The minimum Gasteiger partial charge on any atom is -0.339 e. The number of hydrogen-bond acceptors (Lipinski definition) is 3. The van der Waals surface area contributed by atoms with Crippen molar-refractivity contribution in [3.8, 4) is 0 Å². The molecule has 0 unspecified atom stereocenters. The van der Waals surface area contributed by atoms with Gasteiger partial charge >= 0.3 is 6.18 Å². The van der Waals surface area contributed by atoms with Crippen LogP contribution in [0.2, 0.25) is 0 Å². The third-order valence-electron chi connectivity index (χ3n) is 4.99. The van der Waals surface area contributed by atoms with E-state index in [-0.39, 0.29) is 37.1 Å². The SMILES string of the molecule is CC(=O)N1CCN(C(=O)CCN[C@@H]2CCC[C@@H](C(F)(F)F)C2)CC1. The summed E-state index contributed by atoms with van der Waals surface area (Å²) in [5, 5.41) is 3.11. The van der Waals surface area contributed by atoms with Crippen LogP contribution in [0.4, 0.5) is 13.2 Å². The molecule has 2 fully saturated rings. The molecule has 1 N–H and O–H groups in total. The molecular formula is C16H26F3N3O2. The van der Waals surface area contributed by atoms with Gasteiger partial charge in [0.2, 0.25) is 11.8 Å². The number of piperazine rings is 1. The zero-order valence-corrected chi connectivity index (χ0v) is 14.1. The van der Waals surface area contributed by atoms with Crippen LogP contribution < -0.4 is 5.32 Å². The van der Waals surface area contributed by atoms with Gasteiger partial charge < -0.3 is 15.1 Å². The van der Waals surface area contributed by atoms with Crippen molar-refractivity contribution in [2.75, 3.05) is 32.7 Å². The Hall–Kier alpha value is -1.31. The van der Waals surface area contributed by atoms with E-state index in [1.807, 2.05) is 0 Å². The van der Waals surface area contributed by atoms with Crippen LogP contribution in [-0.2, 0) is 9.59 Å². The Kier molecular flexibility index (Phi) is 6.48. The average molecular weight is 349 g/mol.